The highest BCUT2D eigenvalue weighted by molar-refractivity contribution is 7.99. The van der Waals surface area contributed by atoms with E-state index in [0.29, 0.717) is 5.16 Å². The molecule has 0 aliphatic rings. The molecule has 4 N–H and O–H groups in total. The first-order chi connectivity index (χ1) is 8.67. The number of hydrogen-bond donors (Lipinski definition) is 3. The molecule has 0 radical (unpaired) electrons. The van der Waals surface area contributed by atoms with Crippen molar-refractivity contribution in [2.45, 2.75) is 16.7 Å². The van der Waals surface area contributed by atoms with Gasteiger partial charge in [0.15, 0.2) is 5.16 Å². The molecule has 2 aromatic heterocycles. The maximum absolute atomic E-state index is 11.2. The Morgan fingerprint density at radius 1 is 1.50 bits per heavy atom. The van der Waals surface area contributed by atoms with Gasteiger partial charge in [0.2, 0.25) is 0 Å². The molecule has 0 bridgehead atoms. The molecule has 6 nitrogen and oxygen atoms in total. The number of rotatable bonds is 4. The highest BCUT2D eigenvalue weighted by Crippen LogP contribution is 2.21. The molecule has 2 rings (SSSR count). The van der Waals surface area contributed by atoms with Gasteiger partial charge in [-0.2, -0.15) is 0 Å². The van der Waals surface area contributed by atoms with Crippen LogP contribution in [-0.2, 0) is 6.54 Å². The van der Waals surface area contributed by atoms with Gasteiger partial charge in [-0.15, -0.1) is 0 Å². The zero-order valence-electron chi connectivity index (χ0n) is 9.80. The number of nitrogens with zero attached hydrogens (tertiary/aromatic N) is 2. The largest absolute Gasteiger partial charge is 0.383 e. The fourth-order valence-electron chi connectivity index (χ4n) is 1.38. The summed E-state index contributed by atoms with van der Waals surface area (Å²) in [5, 5.41) is 4.24. The highest BCUT2D eigenvalue weighted by Gasteiger charge is 2.03. The number of nitrogens with one attached hydrogen (secondary N) is 2. The predicted octanol–water partition coefficient (Wildman–Crippen LogP) is 0.618. The molecular formula is C11H13N5OS. The van der Waals surface area contributed by atoms with E-state index in [2.05, 4.69) is 20.3 Å². The molecule has 18 heavy (non-hydrogen) atoms. The Labute approximate surface area is 108 Å². The average Bonchev–Trinajstić information content (AvgIpc) is 2.31. The van der Waals surface area contributed by atoms with Gasteiger partial charge in [0.1, 0.15) is 10.8 Å². The van der Waals surface area contributed by atoms with Gasteiger partial charge in [-0.25, -0.2) is 9.97 Å². The van der Waals surface area contributed by atoms with E-state index in [9.17, 15) is 4.79 Å². The number of pyridine rings is 1. The number of nitrogen functional groups attached to an aromatic ring is 1. The van der Waals surface area contributed by atoms with Crippen molar-refractivity contribution in [1.29, 1.82) is 0 Å². The molecule has 0 aromatic carbocycles. The maximum atomic E-state index is 11.2. The van der Waals surface area contributed by atoms with Crippen LogP contribution in [0.5, 0.6) is 0 Å². The van der Waals surface area contributed by atoms with Gasteiger partial charge in [0, 0.05) is 18.8 Å². The molecule has 0 saturated heterocycles. The summed E-state index contributed by atoms with van der Waals surface area (Å²) in [5.41, 5.74) is 6.33. The minimum atomic E-state index is -0.267. The standard InChI is InChI=1S/C11H13N5OS/c1-13-5-7-2-3-10(14-6-7)18-11-15-8(12)4-9(17)16-11/h2-4,6,13H,5H2,1H3,(H3,12,15,16,17). The van der Waals surface area contributed by atoms with Crippen LogP contribution in [0.15, 0.2) is 39.4 Å². The minimum absolute atomic E-state index is 0.202. The summed E-state index contributed by atoms with van der Waals surface area (Å²) in [7, 11) is 1.88. The van der Waals surface area contributed by atoms with Crippen LogP contribution in [0.2, 0.25) is 0 Å². The third-order valence-corrected chi connectivity index (χ3v) is 2.96. The van der Waals surface area contributed by atoms with E-state index in [0.717, 1.165) is 17.1 Å². The lowest BCUT2D eigenvalue weighted by atomic mass is 10.3. The number of H-pyrrole nitrogens is 1. The van der Waals surface area contributed by atoms with Crippen molar-refractivity contribution in [1.82, 2.24) is 20.3 Å². The molecule has 2 aromatic rings. The molecule has 0 amide bonds. The van der Waals surface area contributed by atoms with E-state index in [1.54, 1.807) is 6.20 Å². The molecule has 0 aliphatic heterocycles. The predicted molar refractivity (Wildman–Crippen MR) is 70.4 cm³/mol. The minimum Gasteiger partial charge on any atom is -0.383 e. The normalized spacial score (nSPS) is 10.5. The summed E-state index contributed by atoms with van der Waals surface area (Å²) < 4.78 is 0. The molecule has 2 heterocycles. The lowest BCUT2D eigenvalue weighted by Gasteiger charge is -2.02. The summed E-state index contributed by atoms with van der Waals surface area (Å²) in [6, 6.07) is 5.09. The fourth-order valence-corrected chi connectivity index (χ4v) is 2.12. The summed E-state index contributed by atoms with van der Waals surface area (Å²) in [4.78, 5) is 22.1. The van der Waals surface area contributed by atoms with Crippen molar-refractivity contribution in [2.75, 3.05) is 12.8 Å². The lowest BCUT2D eigenvalue weighted by Crippen LogP contribution is -2.09. The molecule has 94 valence electrons. The second kappa shape index (κ2) is 5.65. The molecule has 0 atom stereocenters. The summed E-state index contributed by atoms with van der Waals surface area (Å²) in [6.07, 6.45) is 1.78. The van der Waals surface area contributed by atoms with E-state index in [4.69, 9.17) is 5.73 Å². The van der Waals surface area contributed by atoms with Gasteiger partial charge in [-0.3, -0.25) is 4.79 Å². The number of hydrogen-bond acceptors (Lipinski definition) is 6. The summed E-state index contributed by atoms with van der Waals surface area (Å²) in [6.45, 7) is 0.769. The summed E-state index contributed by atoms with van der Waals surface area (Å²) in [5.74, 6) is 0.202. The van der Waals surface area contributed by atoms with E-state index < -0.39 is 0 Å². The van der Waals surface area contributed by atoms with E-state index >= 15 is 0 Å². The van der Waals surface area contributed by atoms with Crippen LogP contribution in [0.3, 0.4) is 0 Å². The van der Waals surface area contributed by atoms with Crippen LogP contribution in [0.25, 0.3) is 0 Å². The second-order valence-electron chi connectivity index (χ2n) is 3.61. The van der Waals surface area contributed by atoms with Gasteiger partial charge in [0.05, 0.1) is 0 Å². The Kier molecular flexibility index (Phi) is 3.96. The van der Waals surface area contributed by atoms with Gasteiger partial charge in [0.25, 0.3) is 5.56 Å². The van der Waals surface area contributed by atoms with Gasteiger partial charge >= 0.3 is 0 Å². The van der Waals surface area contributed by atoms with Crippen LogP contribution >= 0.6 is 11.8 Å². The monoisotopic (exact) mass is 263 g/mol. The van der Waals surface area contributed by atoms with Gasteiger partial charge < -0.3 is 16.0 Å². The average molecular weight is 263 g/mol. The van der Waals surface area contributed by atoms with Crippen LogP contribution in [0.4, 0.5) is 5.82 Å². The number of nitrogens with two attached hydrogens (primary N) is 1. The molecule has 0 saturated carbocycles. The molecule has 7 heteroatoms. The third kappa shape index (κ3) is 3.31. The lowest BCUT2D eigenvalue weighted by molar-refractivity contribution is 0.809. The van der Waals surface area contributed by atoms with Crippen molar-refractivity contribution >= 4 is 17.6 Å². The van der Waals surface area contributed by atoms with E-state index in [1.165, 1.54) is 17.8 Å². The highest BCUT2D eigenvalue weighted by atomic mass is 32.2. The third-order valence-electron chi connectivity index (χ3n) is 2.12. The first-order valence-electron chi connectivity index (χ1n) is 5.31. The second-order valence-corrected chi connectivity index (χ2v) is 4.62. The first-order valence-corrected chi connectivity index (χ1v) is 6.13. The Balaban J connectivity index is 2.15. The number of aromatic amines is 1. The molecule has 0 fully saturated rings. The van der Waals surface area contributed by atoms with Crippen molar-refractivity contribution < 1.29 is 0 Å². The SMILES string of the molecule is CNCc1ccc(Sc2nc(N)cc(=O)[nH]2)nc1. The number of aromatic nitrogens is 3. The van der Waals surface area contributed by atoms with Crippen molar-refractivity contribution in [3.63, 3.8) is 0 Å². The Morgan fingerprint density at radius 3 is 2.94 bits per heavy atom. The van der Waals surface area contributed by atoms with Crippen molar-refractivity contribution in [2.24, 2.45) is 0 Å². The Hall–Kier alpha value is -1.86. The first kappa shape index (κ1) is 12.6. The maximum Gasteiger partial charge on any atom is 0.253 e. The quantitative estimate of drug-likeness (QED) is 0.700. The molecular weight excluding hydrogens is 250 g/mol. The van der Waals surface area contributed by atoms with Crippen LogP contribution in [0.1, 0.15) is 5.56 Å². The van der Waals surface area contributed by atoms with Crippen molar-refractivity contribution in [3.8, 4) is 0 Å². The molecule has 0 aliphatic carbocycles. The molecule has 0 spiro atoms. The zero-order chi connectivity index (χ0) is 13.0. The zero-order valence-corrected chi connectivity index (χ0v) is 10.6. The fraction of sp³-hybridized carbons (Fsp3) is 0.182. The number of anilines is 1. The Morgan fingerprint density at radius 2 is 2.33 bits per heavy atom. The molecule has 0 unspecified atom stereocenters. The van der Waals surface area contributed by atoms with Crippen LogP contribution in [0, 0.1) is 0 Å². The Bertz CT molecular complexity index is 581. The smallest absolute Gasteiger partial charge is 0.253 e. The van der Waals surface area contributed by atoms with Crippen LogP contribution in [-0.4, -0.2) is 22.0 Å². The van der Waals surface area contributed by atoms with Crippen molar-refractivity contribution in [3.05, 3.63) is 40.3 Å². The van der Waals surface area contributed by atoms with Crippen LogP contribution < -0.4 is 16.6 Å². The van der Waals surface area contributed by atoms with Gasteiger partial charge in [-0.1, -0.05) is 6.07 Å². The van der Waals surface area contributed by atoms with Gasteiger partial charge in [-0.05, 0) is 30.4 Å². The van der Waals surface area contributed by atoms with E-state index in [-0.39, 0.29) is 11.4 Å². The topological polar surface area (TPSA) is 96.7 Å². The van der Waals surface area contributed by atoms with E-state index in [1.807, 2.05) is 19.2 Å². The summed E-state index contributed by atoms with van der Waals surface area (Å²) >= 11 is 1.26.